The van der Waals surface area contributed by atoms with E-state index in [0.29, 0.717) is 13.1 Å². The molecule has 0 aromatic heterocycles. The highest BCUT2D eigenvalue weighted by molar-refractivity contribution is 5.74. The Labute approximate surface area is 87.6 Å². The van der Waals surface area contributed by atoms with Gasteiger partial charge in [0.25, 0.3) is 0 Å². The van der Waals surface area contributed by atoms with E-state index in [1.165, 1.54) is 4.90 Å². The monoisotopic (exact) mass is 226 g/mol. The molecular formula is C9H17F3N2O. The van der Waals surface area contributed by atoms with E-state index in [2.05, 4.69) is 0 Å². The van der Waals surface area contributed by atoms with Gasteiger partial charge in [-0.2, -0.15) is 13.2 Å². The molecule has 2 amide bonds. The number of amides is 2. The summed E-state index contributed by atoms with van der Waals surface area (Å²) in [7, 11) is 0. The van der Waals surface area contributed by atoms with Gasteiger partial charge in [0.05, 0.1) is 0 Å². The molecule has 1 fully saturated rings. The molecule has 15 heavy (non-hydrogen) atoms. The van der Waals surface area contributed by atoms with Crippen LogP contribution < -0.4 is 5.32 Å². The smallest absolute Gasteiger partial charge is 0.329 e. The Morgan fingerprint density at radius 3 is 2.13 bits per heavy atom. The summed E-state index contributed by atoms with van der Waals surface area (Å²) < 4.78 is 35.0. The zero-order valence-corrected chi connectivity index (χ0v) is 9.02. The average Bonchev–Trinajstić information content (AvgIpc) is 2.69. The van der Waals surface area contributed by atoms with Crippen molar-refractivity contribution in [2.75, 3.05) is 19.6 Å². The zero-order valence-electron chi connectivity index (χ0n) is 9.02. The molecule has 0 spiro atoms. The van der Waals surface area contributed by atoms with Crippen LogP contribution in [-0.4, -0.2) is 36.7 Å². The van der Waals surface area contributed by atoms with Gasteiger partial charge in [-0.15, -0.1) is 0 Å². The molecule has 0 bridgehead atoms. The average molecular weight is 226 g/mol. The van der Waals surface area contributed by atoms with E-state index < -0.39 is 18.8 Å². The Kier molecular flexibility index (Phi) is 6.12. The Hall–Kier alpha value is -0.940. The van der Waals surface area contributed by atoms with Gasteiger partial charge >= 0.3 is 12.2 Å². The van der Waals surface area contributed by atoms with Crippen molar-refractivity contribution in [3.05, 3.63) is 0 Å². The Morgan fingerprint density at radius 1 is 1.27 bits per heavy atom. The minimum Gasteiger partial charge on any atom is -0.329 e. The van der Waals surface area contributed by atoms with Crippen LogP contribution >= 0.6 is 0 Å². The first-order valence-corrected chi connectivity index (χ1v) is 5.08. The molecule has 0 unspecified atom stereocenters. The van der Waals surface area contributed by atoms with Crippen LogP contribution in [0.4, 0.5) is 18.0 Å². The maximum absolute atomic E-state index is 11.7. The van der Waals surface area contributed by atoms with Crippen LogP contribution in [0.15, 0.2) is 0 Å². The van der Waals surface area contributed by atoms with Crippen LogP contribution in [0.2, 0.25) is 0 Å². The van der Waals surface area contributed by atoms with E-state index in [1.807, 2.05) is 19.2 Å². The van der Waals surface area contributed by atoms with Crippen LogP contribution in [-0.2, 0) is 0 Å². The molecule has 0 aromatic rings. The fourth-order valence-electron chi connectivity index (χ4n) is 1.21. The van der Waals surface area contributed by atoms with Crippen molar-refractivity contribution in [1.82, 2.24) is 10.2 Å². The quantitative estimate of drug-likeness (QED) is 0.731. The van der Waals surface area contributed by atoms with Crippen molar-refractivity contribution in [1.29, 1.82) is 0 Å². The fourth-order valence-corrected chi connectivity index (χ4v) is 1.21. The summed E-state index contributed by atoms with van der Waals surface area (Å²) in [6.45, 7) is 3.87. The molecule has 1 aliphatic heterocycles. The summed E-state index contributed by atoms with van der Waals surface area (Å²) in [5.74, 6) is 0. The zero-order chi connectivity index (χ0) is 11.9. The molecule has 1 aliphatic rings. The minimum absolute atomic E-state index is 0.559. The molecule has 1 N–H and O–H groups in total. The molecular weight excluding hydrogens is 209 g/mol. The molecule has 1 heterocycles. The number of nitrogens with zero attached hydrogens (tertiary/aromatic N) is 1. The van der Waals surface area contributed by atoms with E-state index in [9.17, 15) is 18.0 Å². The predicted molar refractivity (Wildman–Crippen MR) is 51.6 cm³/mol. The van der Waals surface area contributed by atoms with Crippen LogP contribution in [0, 0.1) is 0 Å². The number of nitrogens with one attached hydrogen (secondary N) is 1. The third-order valence-corrected chi connectivity index (χ3v) is 1.83. The SMILES string of the molecule is CC.O=C(NCC(F)(F)F)N1CCCC1. The van der Waals surface area contributed by atoms with Gasteiger partial charge in [0.2, 0.25) is 0 Å². The van der Waals surface area contributed by atoms with Crippen molar-refractivity contribution in [2.45, 2.75) is 32.9 Å². The van der Waals surface area contributed by atoms with Crippen LogP contribution in [0.1, 0.15) is 26.7 Å². The standard InChI is InChI=1S/C7H11F3N2O.C2H6/c8-7(9,10)5-11-6(13)12-3-1-2-4-12;1-2/h1-5H2,(H,11,13);1-2H3. The molecule has 6 heteroatoms. The number of urea groups is 1. The second-order valence-corrected chi connectivity index (χ2v) is 2.97. The number of rotatable bonds is 1. The number of likely N-dealkylation sites (tertiary alicyclic amines) is 1. The topological polar surface area (TPSA) is 32.3 Å². The summed E-state index contributed by atoms with van der Waals surface area (Å²) in [6.07, 6.45) is -2.58. The van der Waals surface area contributed by atoms with E-state index in [0.717, 1.165) is 12.8 Å². The molecule has 0 atom stereocenters. The maximum Gasteiger partial charge on any atom is 0.405 e. The summed E-state index contributed by atoms with van der Waals surface area (Å²) in [4.78, 5) is 12.4. The number of carbonyl (C=O) groups excluding carboxylic acids is 1. The second kappa shape index (κ2) is 6.53. The Bertz CT molecular complexity index is 188. The lowest BCUT2D eigenvalue weighted by Crippen LogP contribution is -2.42. The predicted octanol–water partition coefficient (Wildman–Crippen LogP) is 2.38. The van der Waals surface area contributed by atoms with E-state index >= 15 is 0 Å². The Morgan fingerprint density at radius 2 is 1.73 bits per heavy atom. The van der Waals surface area contributed by atoms with E-state index in [-0.39, 0.29) is 0 Å². The van der Waals surface area contributed by atoms with Gasteiger partial charge in [-0.05, 0) is 12.8 Å². The number of carbonyl (C=O) groups is 1. The van der Waals surface area contributed by atoms with Gasteiger partial charge in [0, 0.05) is 13.1 Å². The van der Waals surface area contributed by atoms with Gasteiger partial charge < -0.3 is 10.2 Å². The number of hydrogen-bond acceptors (Lipinski definition) is 1. The van der Waals surface area contributed by atoms with Crippen molar-refractivity contribution < 1.29 is 18.0 Å². The van der Waals surface area contributed by atoms with Gasteiger partial charge in [0.15, 0.2) is 0 Å². The third kappa shape index (κ3) is 6.19. The summed E-state index contributed by atoms with van der Waals surface area (Å²) in [6, 6.07) is -0.616. The fraction of sp³-hybridized carbons (Fsp3) is 0.889. The highest BCUT2D eigenvalue weighted by Gasteiger charge is 2.29. The normalized spacial score (nSPS) is 15.7. The minimum atomic E-state index is -4.32. The second-order valence-electron chi connectivity index (χ2n) is 2.97. The molecule has 0 radical (unpaired) electrons. The van der Waals surface area contributed by atoms with Crippen LogP contribution in [0.3, 0.4) is 0 Å². The molecule has 0 aliphatic carbocycles. The number of halogens is 3. The van der Waals surface area contributed by atoms with Crippen molar-refractivity contribution >= 4 is 6.03 Å². The van der Waals surface area contributed by atoms with Crippen molar-refractivity contribution in [3.8, 4) is 0 Å². The summed E-state index contributed by atoms with van der Waals surface area (Å²) >= 11 is 0. The highest BCUT2D eigenvalue weighted by Crippen LogP contribution is 2.13. The summed E-state index contributed by atoms with van der Waals surface area (Å²) in [5.41, 5.74) is 0. The Balaban J connectivity index is 0.000000921. The third-order valence-electron chi connectivity index (χ3n) is 1.83. The molecule has 3 nitrogen and oxygen atoms in total. The lowest BCUT2D eigenvalue weighted by Gasteiger charge is -2.16. The van der Waals surface area contributed by atoms with Gasteiger partial charge in [0.1, 0.15) is 6.54 Å². The number of hydrogen-bond donors (Lipinski definition) is 1. The molecule has 0 saturated carbocycles. The first-order valence-electron chi connectivity index (χ1n) is 5.08. The van der Waals surface area contributed by atoms with Gasteiger partial charge in [-0.25, -0.2) is 4.79 Å². The van der Waals surface area contributed by atoms with E-state index in [4.69, 9.17) is 0 Å². The largest absolute Gasteiger partial charge is 0.405 e. The van der Waals surface area contributed by atoms with Crippen molar-refractivity contribution in [2.24, 2.45) is 0 Å². The lowest BCUT2D eigenvalue weighted by molar-refractivity contribution is -0.123. The highest BCUT2D eigenvalue weighted by atomic mass is 19.4. The molecule has 0 aromatic carbocycles. The number of alkyl halides is 3. The molecule has 90 valence electrons. The molecule has 1 saturated heterocycles. The van der Waals surface area contributed by atoms with Crippen LogP contribution in [0.25, 0.3) is 0 Å². The van der Waals surface area contributed by atoms with Crippen LogP contribution in [0.5, 0.6) is 0 Å². The van der Waals surface area contributed by atoms with Gasteiger partial charge in [-0.3, -0.25) is 0 Å². The lowest BCUT2D eigenvalue weighted by atomic mass is 10.4. The summed E-state index contributed by atoms with van der Waals surface area (Å²) in [5, 5.41) is 1.83. The van der Waals surface area contributed by atoms with Gasteiger partial charge in [-0.1, -0.05) is 13.8 Å². The first-order chi connectivity index (χ1) is 6.99. The molecule has 1 rings (SSSR count). The van der Waals surface area contributed by atoms with E-state index in [1.54, 1.807) is 0 Å². The first kappa shape index (κ1) is 14.1. The maximum atomic E-state index is 11.7. The van der Waals surface area contributed by atoms with Crippen molar-refractivity contribution in [3.63, 3.8) is 0 Å².